The van der Waals surface area contributed by atoms with Crippen LogP contribution >= 0.6 is 0 Å². The van der Waals surface area contributed by atoms with Crippen LogP contribution in [0.3, 0.4) is 0 Å². The van der Waals surface area contributed by atoms with Crippen molar-refractivity contribution in [2.75, 3.05) is 13.7 Å². The van der Waals surface area contributed by atoms with Crippen molar-refractivity contribution in [3.05, 3.63) is 29.8 Å². The van der Waals surface area contributed by atoms with Crippen molar-refractivity contribution in [3.63, 3.8) is 0 Å². The fraction of sp³-hybridized carbons (Fsp3) is 0.467. The molecule has 0 heterocycles. The monoisotopic (exact) mass is 315 g/mol. The fourth-order valence-corrected chi connectivity index (χ4v) is 1.67. The summed E-state index contributed by atoms with van der Waals surface area (Å²) in [5.74, 6) is -0.996. The first kappa shape index (κ1) is 17.9. The van der Waals surface area contributed by atoms with Crippen molar-refractivity contribution in [2.24, 2.45) is 0 Å². The summed E-state index contributed by atoms with van der Waals surface area (Å²) in [5.41, 5.74) is -0.896. The number of ether oxygens (including phenoxy) is 2. The van der Waals surface area contributed by atoms with Crippen molar-refractivity contribution in [3.8, 4) is 5.75 Å². The first-order valence-corrected chi connectivity index (χ1v) is 6.70. The number of likely N-dealkylation sites (N-methyl/N-ethyl adjacent to an activating group) is 1. The maximum atomic E-state index is 12.4. The highest BCUT2D eigenvalue weighted by molar-refractivity contribution is 5.97. The van der Waals surface area contributed by atoms with Gasteiger partial charge in [0.25, 0.3) is 5.91 Å². The molecule has 0 aromatic heterocycles. The van der Waals surface area contributed by atoms with Crippen molar-refractivity contribution in [1.29, 1.82) is 0 Å². The van der Waals surface area contributed by atoms with Gasteiger partial charge in [0.15, 0.2) is 0 Å². The molecule has 1 amide bonds. The minimum atomic E-state index is -2.92. The molecule has 0 aliphatic carbocycles. The van der Waals surface area contributed by atoms with E-state index in [-0.39, 0.29) is 17.9 Å². The van der Waals surface area contributed by atoms with Gasteiger partial charge in [-0.3, -0.25) is 4.79 Å². The number of rotatable bonds is 6. The SMILES string of the molecule is CCOC(=O)C(C)(C)N(C)C(=O)c1ccc(OC(F)F)cc1. The largest absolute Gasteiger partial charge is 0.464 e. The summed E-state index contributed by atoms with van der Waals surface area (Å²) in [6.45, 7) is 2.10. The lowest BCUT2D eigenvalue weighted by Crippen LogP contribution is -2.51. The molecule has 0 saturated carbocycles. The van der Waals surface area contributed by atoms with E-state index in [2.05, 4.69) is 4.74 Å². The first-order chi connectivity index (χ1) is 10.2. The number of hydrogen-bond acceptors (Lipinski definition) is 4. The Bertz CT molecular complexity index is 529. The van der Waals surface area contributed by atoms with Crippen molar-refractivity contribution in [1.82, 2.24) is 4.90 Å². The van der Waals surface area contributed by atoms with Gasteiger partial charge in [-0.25, -0.2) is 4.79 Å². The van der Waals surface area contributed by atoms with E-state index in [1.54, 1.807) is 20.8 Å². The summed E-state index contributed by atoms with van der Waals surface area (Å²) < 4.78 is 33.3. The molecule has 0 aliphatic heterocycles. The van der Waals surface area contributed by atoms with E-state index in [1.807, 2.05) is 0 Å². The average Bonchev–Trinajstić information content (AvgIpc) is 2.46. The van der Waals surface area contributed by atoms with Gasteiger partial charge in [0.05, 0.1) is 6.61 Å². The van der Waals surface area contributed by atoms with Gasteiger partial charge >= 0.3 is 12.6 Å². The normalized spacial score (nSPS) is 11.2. The average molecular weight is 315 g/mol. The summed E-state index contributed by atoms with van der Waals surface area (Å²) in [4.78, 5) is 25.5. The minimum Gasteiger partial charge on any atom is -0.464 e. The van der Waals surface area contributed by atoms with Gasteiger partial charge in [0, 0.05) is 12.6 Å². The molecule has 122 valence electrons. The van der Waals surface area contributed by atoms with Crippen molar-refractivity contribution < 1.29 is 27.8 Å². The van der Waals surface area contributed by atoms with Gasteiger partial charge in [-0.2, -0.15) is 8.78 Å². The second kappa shape index (κ2) is 7.20. The first-order valence-electron chi connectivity index (χ1n) is 6.70. The van der Waals surface area contributed by atoms with Crippen molar-refractivity contribution >= 4 is 11.9 Å². The molecular formula is C15H19F2NO4. The topological polar surface area (TPSA) is 55.8 Å². The van der Waals surface area contributed by atoms with Gasteiger partial charge in [0.2, 0.25) is 0 Å². The van der Waals surface area contributed by atoms with Crippen LogP contribution in [-0.4, -0.2) is 42.6 Å². The molecule has 0 bridgehead atoms. The molecule has 0 aliphatic rings. The number of benzene rings is 1. The van der Waals surface area contributed by atoms with E-state index in [1.165, 1.54) is 36.2 Å². The lowest BCUT2D eigenvalue weighted by molar-refractivity contribution is -0.153. The zero-order valence-electron chi connectivity index (χ0n) is 12.9. The van der Waals surface area contributed by atoms with Crippen LogP contribution in [0.15, 0.2) is 24.3 Å². The third kappa shape index (κ3) is 4.16. The quantitative estimate of drug-likeness (QED) is 0.757. The lowest BCUT2D eigenvalue weighted by Gasteiger charge is -2.33. The third-order valence-corrected chi connectivity index (χ3v) is 3.24. The number of alkyl halides is 2. The molecule has 0 fully saturated rings. The number of halogens is 2. The standard InChI is InChI=1S/C15H19F2NO4/c1-5-21-13(20)15(2,3)18(4)12(19)10-6-8-11(9-7-10)22-14(16)17/h6-9,14H,5H2,1-4H3. The summed E-state index contributed by atoms with van der Waals surface area (Å²) in [7, 11) is 1.48. The number of nitrogens with zero attached hydrogens (tertiary/aromatic N) is 1. The Morgan fingerprint density at radius 3 is 2.23 bits per heavy atom. The highest BCUT2D eigenvalue weighted by Crippen LogP contribution is 2.20. The summed E-state index contributed by atoms with van der Waals surface area (Å²) in [6, 6.07) is 5.25. The zero-order chi connectivity index (χ0) is 16.9. The molecule has 0 N–H and O–H groups in total. The van der Waals surface area contributed by atoms with E-state index in [9.17, 15) is 18.4 Å². The van der Waals surface area contributed by atoms with E-state index < -0.39 is 24.0 Å². The van der Waals surface area contributed by atoms with Crippen LogP contribution in [-0.2, 0) is 9.53 Å². The number of hydrogen-bond donors (Lipinski definition) is 0. The van der Waals surface area contributed by atoms with E-state index >= 15 is 0 Å². The molecule has 0 saturated heterocycles. The van der Waals surface area contributed by atoms with Crippen molar-refractivity contribution in [2.45, 2.75) is 32.9 Å². The number of carbonyl (C=O) groups is 2. The number of amides is 1. The maximum Gasteiger partial charge on any atom is 0.387 e. The van der Waals surface area contributed by atoms with Crippen LogP contribution in [0.1, 0.15) is 31.1 Å². The number of esters is 1. The highest BCUT2D eigenvalue weighted by atomic mass is 19.3. The third-order valence-electron chi connectivity index (χ3n) is 3.24. The van der Waals surface area contributed by atoms with Crippen LogP contribution in [0, 0.1) is 0 Å². The Morgan fingerprint density at radius 2 is 1.77 bits per heavy atom. The lowest BCUT2D eigenvalue weighted by atomic mass is 10.0. The molecule has 5 nitrogen and oxygen atoms in total. The molecule has 1 aromatic rings. The second-order valence-corrected chi connectivity index (χ2v) is 5.05. The summed E-state index contributed by atoms with van der Waals surface area (Å²) >= 11 is 0. The Kier molecular flexibility index (Phi) is 5.84. The summed E-state index contributed by atoms with van der Waals surface area (Å²) in [6.07, 6.45) is 0. The molecule has 0 spiro atoms. The van der Waals surface area contributed by atoms with Gasteiger partial charge in [-0.05, 0) is 45.0 Å². The Hall–Kier alpha value is -2.18. The van der Waals surface area contributed by atoms with Gasteiger partial charge < -0.3 is 14.4 Å². The smallest absolute Gasteiger partial charge is 0.387 e. The molecule has 0 atom stereocenters. The van der Waals surface area contributed by atoms with Gasteiger partial charge in [-0.15, -0.1) is 0 Å². The Morgan fingerprint density at radius 1 is 1.23 bits per heavy atom. The van der Waals surface area contributed by atoms with E-state index in [0.29, 0.717) is 0 Å². The van der Waals surface area contributed by atoms with E-state index in [0.717, 1.165) is 0 Å². The predicted octanol–water partition coefficient (Wildman–Crippen LogP) is 2.70. The molecule has 0 unspecified atom stereocenters. The zero-order valence-corrected chi connectivity index (χ0v) is 12.9. The van der Waals surface area contributed by atoms with Crippen LogP contribution in [0.2, 0.25) is 0 Å². The van der Waals surface area contributed by atoms with Crippen LogP contribution < -0.4 is 4.74 Å². The highest BCUT2D eigenvalue weighted by Gasteiger charge is 2.37. The molecule has 22 heavy (non-hydrogen) atoms. The van der Waals surface area contributed by atoms with E-state index in [4.69, 9.17) is 4.74 Å². The van der Waals surface area contributed by atoms with Crippen LogP contribution in [0.4, 0.5) is 8.78 Å². The Balaban J connectivity index is 2.88. The minimum absolute atomic E-state index is 0.0427. The molecule has 1 aromatic carbocycles. The predicted molar refractivity (Wildman–Crippen MR) is 75.9 cm³/mol. The summed E-state index contributed by atoms with van der Waals surface area (Å²) in [5, 5.41) is 0. The molecular weight excluding hydrogens is 296 g/mol. The molecule has 0 radical (unpaired) electrons. The van der Waals surface area contributed by atoms with Gasteiger partial charge in [0.1, 0.15) is 11.3 Å². The fourth-order valence-electron chi connectivity index (χ4n) is 1.67. The number of carbonyl (C=O) groups excluding carboxylic acids is 2. The molecule has 1 rings (SSSR count). The molecule has 7 heteroatoms. The second-order valence-electron chi connectivity index (χ2n) is 5.05. The van der Waals surface area contributed by atoms with Crippen LogP contribution in [0.25, 0.3) is 0 Å². The Labute approximate surface area is 127 Å². The van der Waals surface area contributed by atoms with Gasteiger partial charge in [-0.1, -0.05) is 0 Å². The van der Waals surface area contributed by atoms with Crippen LogP contribution in [0.5, 0.6) is 5.75 Å². The maximum absolute atomic E-state index is 12.4.